The smallest absolute Gasteiger partial charge is 0.268 e. The second-order valence-corrected chi connectivity index (χ2v) is 7.43. The topological polar surface area (TPSA) is 79.8 Å². The summed E-state index contributed by atoms with van der Waals surface area (Å²) in [5, 5.41) is 9.51. The quantitative estimate of drug-likeness (QED) is 0.262. The van der Waals surface area contributed by atoms with Crippen molar-refractivity contribution in [1.29, 1.82) is 5.26 Å². The van der Waals surface area contributed by atoms with Crippen LogP contribution in [0.25, 0.3) is 17.3 Å². The van der Waals surface area contributed by atoms with E-state index in [-0.39, 0.29) is 16.3 Å². The second kappa shape index (κ2) is 9.73. The van der Waals surface area contributed by atoms with Crippen molar-refractivity contribution < 1.29 is 9.59 Å². The monoisotopic (exact) mass is 450 g/mol. The van der Waals surface area contributed by atoms with E-state index < -0.39 is 5.91 Å². The fourth-order valence-electron chi connectivity index (χ4n) is 3.28. The molecule has 0 bridgehead atoms. The van der Waals surface area contributed by atoms with Crippen molar-refractivity contribution in [2.24, 2.45) is 0 Å². The molecule has 0 fully saturated rings. The van der Waals surface area contributed by atoms with Crippen LogP contribution >= 0.6 is 12.2 Å². The van der Waals surface area contributed by atoms with Gasteiger partial charge < -0.3 is 0 Å². The first-order valence-corrected chi connectivity index (χ1v) is 10.5. The summed E-state index contributed by atoms with van der Waals surface area (Å²) >= 11 is 5.55. The van der Waals surface area contributed by atoms with Gasteiger partial charge in [0.05, 0.1) is 11.9 Å². The average molecular weight is 451 g/mol. The highest BCUT2D eigenvalue weighted by Gasteiger charge is 2.20. The van der Waals surface area contributed by atoms with Gasteiger partial charge in [-0.2, -0.15) is 5.26 Å². The molecule has 4 rings (SSSR count). The van der Waals surface area contributed by atoms with E-state index in [0.717, 1.165) is 11.1 Å². The highest BCUT2D eigenvalue weighted by molar-refractivity contribution is 7.71. The predicted molar refractivity (Wildman–Crippen MR) is 129 cm³/mol. The molecule has 0 radical (unpaired) electrons. The third-order valence-electron chi connectivity index (χ3n) is 4.88. The normalized spacial score (nSPS) is 10.9. The molecule has 0 aliphatic carbocycles. The molecule has 6 nitrogen and oxygen atoms in total. The number of nitrogens with one attached hydrogen (secondary N) is 1. The van der Waals surface area contributed by atoms with Crippen LogP contribution in [0, 0.1) is 16.1 Å². The summed E-state index contributed by atoms with van der Waals surface area (Å²) in [6.07, 6.45) is 3.07. The fourth-order valence-corrected chi connectivity index (χ4v) is 3.56. The Morgan fingerprint density at radius 3 is 2.06 bits per heavy atom. The zero-order chi connectivity index (χ0) is 23.2. The van der Waals surface area contributed by atoms with Crippen molar-refractivity contribution in [3.63, 3.8) is 0 Å². The summed E-state index contributed by atoms with van der Waals surface area (Å²) in [4.78, 5) is 26.1. The summed E-state index contributed by atoms with van der Waals surface area (Å²) in [7, 11) is 0. The van der Waals surface area contributed by atoms with Gasteiger partial charge in [0, 0.05) is 11.1 Å². The van der Waals surface area contributed by atoms with Crippen LogP contribution in [0.5, 0.6) is 0 Å². The minimum absolute atomic E-state index is 0.0769. The lowest BCUT2D eigenvalue weighted by Gasteiger charge is -2.07. The molecule has 0 saturated carbocycles. The van der Waals surface area contributed by atoms with Gasteiger partial charge in [-0.3, -0.25) is 15.0 Å². The molecule has 4 aromatic rings. The molecule has 1 N–H and O–H groups in total. The largest absolute Gasteiger partial charge is 0.280 e. The number of amides is 1. The number of imidazole rings is 1. The Kier molecular flexibility index (Phi) is 6.39. The van der Waals surface area contributed by atoms with Crippen molar-refractivity contribution in [3.8, 4) is 17.3 Å². The summed E-state index contributed by atoms with van der Waals surface area (Å²) in [5.41, 5.74) is 4.97. The first-order chi connectivity index (χ1) is 16.1. The predicted octanol–water partition coefficient (Wildman–Crippen LogP) is 5.05. The Morgan fingerprint density at radius 2 is 1.45 bits per heavy atom. The van der Waals surface area contributed by atoms with Crippen molar-refractivity contribution >= 4 is 30.1 Å². The van der Waals surface area contributed by atoms with Gasteiger partial charge in [-0.15, -0.1) is 0 Å². The first-order valence-electron chi connectivity index (χ1n) is 10.1. The van der Waals surface area contributed by atoms with Crippen LogP contribution in [0.3, 0.4) is 0 Å². The van der Waals surface area contributed by atoms with E-state index in [4.69, 9.17) is 12.2 Å². The van der Waals surface area contributed by atoms with Gasteiger partial charge in [-0.05, 0) is 36.0 Å². The van der Waals surface area contributed by atoms with E-state index in [2.05, 4.69) is 5.43 Å². The molecule has 0 spiro atoms. The van der Waals surface area contributed by atoms with Gasteiger partial charge in [0.25, 0.3) is 11.8 Å². The molecule has 0 aliphatic rings. The Bertz CT molecular complexity index is 1430. The van der Waals surface area contributed by atoms with Crippen LogP contribution in [0.1, 0.15) is 15.9 Å². The summed E-state index contributed by atoms with van der Waals surface area (Å²) < 4.78 is 2.73. The second-order valence-electron chi connectivity index (χ2n) is 7.06. The molecule has 0 aliphatic heterocycles. The van der Waals surface area contributed by atoms with E-state index >= 15 is 0 Å². The van der Waals surface area contributed by atoms with E-state index in [9.17, 15) is 14.9 Å². The molecule has 1 aromatic heterocycles. The minimum atomic E-state index is -0.638. The standard InChI is InChI=1S/C26H18N4O2S/c27-17-22(16-19-10-4-1-5-11-19)24(31)28-29-18-23(20-12-6-2-7-13-20)30(26(29)33)25(32)21-14-8-3-9-15-21/h1-16,18H,(H,28,31)/b22-16-. The van der Waals surface area contributed by atoms with Crippen LogP contribution in [-0.4, -0.2) is 21.1 Å². The molecule has 1 heterocycles. The highest BCUT2D eigenvalue weighted by Crippen LogP contribution is 2.22. The van der Waals surface area contributed by atoms with Gasteiger partial charge >= 0.3 is 0 Å². The average Bonchev–Trinajstić information content (AvgIpc) is 3.19. The molecule has 0 atom stereocenters. The maximum absolute atomic E-state index is 13.3. The van der Waals surface area contributed by atoms with Crippen LogP contribution in [0.2, 0.25) is 0 Å². The molecule has 0 unspecified atom stereocenters. The molecule has 0 saturated heterocycles. The number of nitriles is 1. The van der Waals surface area contributed by atoms with Gasteiger partial charge in [0.1, 0.15) is 11.6 Å². The van der Waals surface area contributed by atoms with Crippen molar-refractivity contribution in [1.82, 2.24) is 9.24 Å². The van der Waals surface area contributed by atoms with E-state index in [1.165, 1.54) is 15.3 Å². The third-order valence-corrected chi connectivity index (χ3v) is 5.26. The van der Waals surface area contributed by atoms with Crippen molar-refractivity contribution in [3.05, 3.63) is 119 Å². The minimum Gasteiger partial charge on any atom is -0.268 e. The molecular weight excluding hydrogens is 432 g/mol. The van der Waals surface area contributed by atoms with Gasteiger partial charge in [0.15, 0.2) is 0 Å². The van der Waals surface area contributed by atoms with Gasteiger partial charge in [0.2, 0.25) is 4.77 Å². The van der Waals surface area contributed by atoms with Gasteiger partial charge in [-0.25, -0.2) is 9.24 Å². The number of hydrogen-bond donors (Lipinski definition) is 1. The van der Waals surface area contributed by atoms with E-state index in [0.29, 0.717) is 11.3 Å². The summed E-state index contributed by atoms with van der Waals surface area (Å²) in [6, 6.07) is 29.0. The SMILES string of the molecule is N#C/C(=C/c1ccccc1)C(=O)Nn1cc(-c2ccccc2)n(C(=O)c2ccccc2)c1=S. The van der Waals surface area contributed by atoms with E-state index in [1.807, 2.05) is 60.7 Å². The van der Waals surface area contributed by atoms with Crippen LogP contribution in [0.15, 0.2) is 103 Å². The lowest BCUT2D eigenvalue weighted by Crippen LogP contribution is -2.24. The molecule has 1 amide bonds. The van der Waals surface area contributed by atoms with Gasteiger partial charge in [-0.1, -0.05) is 78.9 Å². The molecule has 33 heavy (non-hydrogen) atoms. The lowest BCUT2D eigenvalue weighted by atomic mass is 10.1. The lowest BCUT2D eigenvalue weighted by molar-refractivity contribution is -0.113. The first kappa shape index (κ1) is 21.7. The number of aromatic nitrogens is 2. The molecule has 7 heteroatoms. The molecular formula is C26H18N4O2S. The Morgan fingerprint density at radius 1 is 0.879 bits per heavy atom. The maximum atomic E-state index is 13.3. The Balaban J connectivity index is 1.75. The number of benzene rings is 3. The Labute approximate surface area is 195 Å². The zero-order valence-electron chi connectivity index (χ0n) is 17.4. The number of nitrogens with zero attached hydrogens (tertiary/aromatic N) is 3. The van der Waals surface area contributed by atoms with Crippen LogP contribution in [-0.2, 0) is 4.79 Å². The third kappa shape index (κ3) is 4.71. The van der Waals surface area contributed by atoms with Crippen molar-refractivity contribution in [2.75, 3.05) is 5.43 Å². The number of rotatable bonds is 5. The maximum Gasteiger partial charge on any atom is 0.280 e. The molecule has 160 valence electrons. The zero-order valence-corrected chi connectivity index (χ0v) is 18.2. The Hall–Kier alpha value is -4.54. The number of carbonyl (C=O) groups excluding carboxylic acids is 2. The van der Waals surface area contributed by atoms with Crippen LogP contribution in [0.4, 0.5) is 0 Å². The van der Waals surface area contributed by atoms with Crippen LogP contribution < -0.4 is 5.43 Å². The fraction of sp³-hybridized carbons (Fsp3) is 0. The summed E-state index contributed by atoms with van der Waals surface area (Å²) in [6.45, 7) is 0. The number of carbonyl (C=O) groups is 2. The highest BCUT2D eigenvalue weighted by atomic mass is 32.1. The summed E-state index contributed by atoms with van der Waals surface area (Å²) in [5.74, 6) is -0.964. The van der Waals surface area contributed by atoms with E-state index in [1.54, 1.807) is 42.6 Å². The number of hydrogen-bond acceptors (Lipinski definition) is 4. The van der Waals surface area contributed by atoms with Crippen molar-refractivity contribution in [2.45, 2.75) is 0 Å². The molecule has 3 aromatic carbocycles.